The van der Waals surface area contributed by atoms with Crippen LogP contribution < -0.4 is 0 Å². The first-order valence-corrected chi connectivity index (χ1v) is 8.40. The molecule has 1 amide bonds. The molecule has 2 fully saturated rings. The Labute approximate surface area is 135 Å². The van der Waals surface area contributed by atoms with E-state index < -0.39 is 0 Å². The molecule has 0 radical (unpaired) electrons. The standard InChI is InChI=1S/C17H22N4O2/c1-11-8-12(2)23-16(11)17(22)21-7-3-4-14(21)9-20-10-15(18-19-20)13-5-6-13/h8,10,13-14H,3-7,9H2,1-2H3/t14-/m0/s1. The highest BCUT2D eigenvalue weighted by Gasteiger charge is 2.33. The highest BCUT2D eigenvalue weighted by atomic mass is 16.4. The maximum absolute atomic E-state index is 12.8. The van der Waals surface area contributed by atoms with Crippen molar-refractivity contribution in [3.63, 3.8) is 0 Å². The Kier molecular flexibility index (Phi) is 3.47. The Morgan fingerprint density at radius 3 is 2.87 bits per heavy atom. The molecule has 0 unspecified atom stereocenters. The lowest BCUT2D eigenvalue weighted by molar-refractivity contribution is 0.0686. The normalized spacial score (nSPS) is 21.1. The van der Waals surface area contributed by atoms with Crippen LogP contribution in [0, 0.1) is 13.8 Å². The van der Waals surface area contributed by atoms with E-state index >= 15 is 0 Å². The van der Waals surface area contributed by atoms with E-state index in [9.17, 15) is 4.79 Å². The summed E-state index contributed by atoms with van der Waals surface area (Å²) in [5.74, 6) is 1.87. The minimum atomic E-state index is 0.000585. The first-order valence-electron chi connectivity index (χ1n) is 8.40. The van der Waals surface area contributed by atoms with Crippen molar-refractivity contribution in [1.82, 2.24) is 19.9 Å². The van der Waals surface area contributed by atoms with E-state index in [1.165, 1.54) is 12.8 Å². The van der Waals surface area contributed by atoms with Gasteiger partial charge in [0.05, 0.1) is 18.3 Å². The van der Waals surface area contributed by atoms with Gasteiger partial charge in [0.25, 0.3) is 5.91 Å². The lowest BCUT2D eigenvalue weighted by Gasteiger charge is -2.23. The molecule has 6 nitrogen and oxygen atoms in total. The molecule has 1 saturated heterocycles. The second kappa shape index (κ2) is 5.51. The minimum Gasteiger partial charge on any atom is -0.456 e. The van der Waals surface area contributed by atoms with Crippen LogP contribution in [0.25, 0.3) is 0 Å². The zero-order chi connectivity index (χ0) is 16.0. The molecule has 6 heteroatoms. The fourth-order valence-corrected chi connectivity index (χ4v) is 3.46. The van der Waals surface area contributed by atoms with Crippen LogP contribution in [0.5, 0.6) is 0 Å². The molecule has 2 aliphatic rings. The maximum Gasteiger partial charge on any atom is 0.290 e. The van der Waals surface area contributed by atoms with E-state index in [1.807, 2.05) is 35.7 Å². The number of carbonyl (C=O) groups excluding carboxylic acids is 1. The number of hydrogen-bond acceptors (Lipinski definition) is 4. The molecule has 1 aliphatic carbocycles. The molecular weight excluding hydrogens is 292 g/mol. The first-order chi connectivity index (χ1) is 11.1. The van der Waals surface area contributed by atoms with Gasteiger partial charge in [0.2, 0.25) is 0 Å². The lowest BCUT2D eigenvalue weighted by atomic mass is 10.2. The second-order valence-corrected chi connectivity index (χ2v) is 6.80. The van der Waals surface area contributed by atoms with Gasteiger partial charge in [-0.15, -0.1) is 5.10 Å². The average Bonchev–Trinajstić information content (AvgIpc) is 2.93. The Morgan fingerprint density at radius 1 is 1.35 bits per heavy atom. The number of rotatable bonds is 4. The Balaban J connectivity index is 1.49. The van der Waals surface area contributed by atoms with Crippen LogP contribution in [0.4, 0.5) is 0 Å². The van der Waals surface area contributed by atoms with E-state index in [1.54, 1.807) is 0 Å². The third kappa shape index (κ3) is 2.78. The summed E-state index contributed by atoms with van der Waals surface area (Å²) in [6.07, 6.45) is 6.52. The Bertz CT molecular complexity index is 729. The Hall–Kier alpha value is -2.11. The molecule has 122 valence electrons. The number of furan rings is 1. The van der Waals surface area contributed by atoms with Crippen molar-refractivity contribution in [2.75, 3.05) is 6.54 Å². The van der Waals surface area contributed by atoms with Gasteiger partial charge in [0, 0.05) is 24.2 Å². The van der Waals surface area contributed by atoms with Crippen LogP contribution in [-0.2, 0) is 6.54 Å². The number of nitrogens with zero attached hydrogens (tertiary/aromatic N) is 4. The molecule has 23 heavy (non-hydrogen) atoms. The van der Waals surface area contributed by atoms with Crippen molar-refractivity contribution in [3.8, 4) is 0 Å². The van der Waals surface area contributed by atoms with Gasteiger partial charge < -0.3 is 9.32 Å². The summed E-state index contributed by atoms with van der Waals surface area (Å²) in [5, 5.41) is 8.49. The van der Waals surface area contributed by atoms with Crippen molar-refractivity contribution < 1.29 is 9.21 Å². The zero-order valence-electron chi connectivity index (χ0n) is 13.7. The fourth-order valence-electron chi connectivity index (χ4n) is 3.46. The van der Waals surface area contributed by atoms with Gasteiger partial charge in [-0.25, -0.2) is 0 Å². The van der Waals surface area contributed by atoms with Crippen molar-refractivity contribution >= 4 is 5.91 Å². The molecule has 0 N–H and O–H groups in total. The van der Waals surface area contributed by atoms with Crippen LogP contribution in [-0.4, -0.2) is 38.4 Å². The van der Waals surface area contributed by atoms with Gasteiger partial charge in [-0.3, -0.25) is 9.48 Å². The van der Waals surface area contributed by atoms with E-state index in [4.69, 9.17) is 4.42 Å². The minimum absolute atomic E-state index is 0.000585. The van der Waals surface area contributed by atoms with E-state index in [-0.39, 0.29) is 11.9 Å². The third-order valence-electron chi connectivity index (χ3n) is 4.82. The summed E-state index contributed by atoms with van der Waals surface area (Å²) >= 11 is 0. The van der Waals surface area contributed by atoms with Crippen LogP contribution >= 0.6 is 0 Å². The van der Waals surface area contributed by atoms with Gasteiger partial charge in [0.15, 0.2) is 5.76 Å². The summed E-state index contributed by atoms with van der Waals surface area (Å²) in [6, 6.07) is 2.08. The Morgan fingerprint density at radius 2 is 2.17 bits per heavy atom. The van der Waals surface area contributed by atoms with Gasteiger partial charge in [0.1, 0.15) is 5.76 Å². The molecule has 2 aromatic rings. The fraction of sp³-hybridized carbons (Fsp3) is 0.588. The van der Waals surface area contributed by atoms with Crippen molar-refractivity contribution in [2.45, 2.75) is 58.0 Å². The molecule has 3 heterocycles. The van der Waals surface area contributed by atoms with Crippen LogP contribution in [0.15, 0.2) is 16.7 Å². The molecule has 2 aromatic heterocycles. The number of carbonyl (C=O) groups is 1. The number of aromatic nitrogens is 3. The second-order valence-electron chi connectivity index (χ2n) is 6.80. The summed E-state index contributed by atoms with van der Waals surface area (Å²) in [4.78, 5) is 14.7. The highest BCUT2D eigenvalue weighted by molar-refractivity contribution is 5.93. The maximum atomic E-state index is 12.8. The third-order valence-corrected chi connectivity index (χ3v) is 4.82. The van der Waals surface area contributed by atoms with Gasteiger partial charge in [-0.05, 0) is 45.6 Å². The first kappa shape index (κ1) is 14.5. The average molecular weight is 314 g/mol. The number of hydrogen-bond donors (Lipinski definition) is 0. The predicted molar refractivity (Wildman–Crippen MR) is 84.2 cm³/mol. The van der Waals surface area contributed by atoms with Crippen LogP contribution in [0.2, 0.25) is 0 Å². The quantitative estimate of drug-likeness (QED) is 0.870. The van der Waals surface area contributed by atoms with Gasteiger partial charge in [-0.2, -0.15) is 0 Å². The molecular formula is C17H22N4O2. The molecule has 0 bridgehead atoms. The number of likely N-dealkylation sites (tertiary alicyclic amines) is 1. The van der Waals surface area contributed by atoms with Crippen LogP contribution in [0.3, 0.4) is 0 Å². The lowest BCUT2D eigenvalue weighted by Crippen LogP contribution is -2.38. The highest BCUT2D eigenvalue weighted by Crippen LogP contribution is 2.38. The summed E-state index contributed by atoms with van der Waals surface area (Å²) in [7, 11) is 0. The summed E-state index contributed by atoms with van der Waals surface area (Å²) in [6.45, 7) is 5.30. The van der Waals surface area contributed by atoms with E-state index in [0.717, 1.165) is 36.4 Å². The monoisotopic (exact) mass is 314 g/mol. The topological polar surface area (TPSA) is 64.2 Å². The molecule has 1 aliphatic heterocycles. The zero-order valence-corrected chi connectivity index (χ0v) is 13.7. The number of aryl methyl sites for hydroxylation is 2. The SMILES string of the molecule is Cc1cc(C)c(C(=O)N2CCC[C@H]2Cn2cc(C3CC3)nn2)o1. The molecule has 4 rings (SSSR count). The van der Waals surface area contributed by atoms with Crippen LogP contribution in [0.1, 0.15) is 59.2 Å². The predicted octanol–water partition coefficient (Wildman–Crippen LogP) is 2.67. The number of amides is 1. The van der Waals surface area contributed by atoms with E-state index in [0.29, 0.717) is 18.2 Å². The van der Waals surface area contributed by atoms with Crippen molar-refractivity contribution in [2.24, 2.45) is 0 Å². The van der Waals surface area contributed by atoms with Gasteiger partial charge >= 0.3 is 0 Å². The van der Waals surface area contributed by atoms with Crippen molar-refractivity contribution in [1.29, 1.82) is 0 Å². The summed E-state index contributed by atoms with van der Waals surface area (Å²) < 4.78 is 7.50. The molecule has 1 atom stereocenters. The van der Waals surface area contributed by atoms with E-state index in [2.05, 4.69) is 10.3 Å². The smallest absolute Gasteiger partial charge is 0.290 e. The van der Waals surface area contributed by atoms with Crippen molar-refractivity contribution in [3.05, 3.63) is 35.0 Å². The molecule has 0 aromatic carbocycles. The van der Waals surface area contributed by atoms with Gasteiger partial charge in [-0.1, -0.05) is 5.21 Å². The molecule has 1 saturated carbocycles. The molecule has 0 spiro atoms. The summed E-state index contributed by atoms with van der Waals surface area (Å²) in [5.41, 5.74) is 2.01. The largest absolute Gasteiger partial charge is 0.456 e.